The highest BCUT2D eigenvalue weighted by Gasteiger charge is 2.53. The number of nitrogens with zero attached hydrogens (tertiary/aromatic N) is 7. The maximum absolute atomic E-state index is 15.2. The number of anilines is 2. The first-order valence-electron chi connectivity index (χ1n) is 17.9. The van der Waals surface area contributed by atoms with Gasteiger partial charge in [-0.3, -0.25) is 19.7 Å². The molecule has 4 heterocycles. The molecular weight excluding hydrogens is 902 g/mol. The number of hydrogen-bond acceptors (Lipinski definition) is 10. The fourth-order valence-corrected chi connectivity index (χ4v) is 9.28. The number of carbonyl (C=O) groups excluding carboxylic acids is 2. The Bertz CT molecular complexity index is 2580. The highest BCUT2D eigenvalue weighted by molar-refractivity contribution is 9.10. The molecule has 0 fully saturated rings. The van der Waals surface area contributed by atoms with Crippen LogP contribution in [0.1, 0.15) is 22.6 Å². The zero-order chi connectivity index (χ0) is 39.9. The summed E-state index contributed by atoms with van der Waals surface area (Å²) in [6, 6.07) is 40.2. The Kier molecular flexibility index (Phi) is 10.2. The Hall–Kier alpha value is -6.00. The molecule has 15 heteroatoms. The smallest absolute Gasteiger partial charge is 0.269 e. The quantitative estimate of drug-likeness (QED) is 0.0990. The summed E-state index contributed by atoms with van der Waals surface area (Å²) in [5.74, 6) is -3.80. The molecule has 2 unspecified atom stereocenters. The Labute approximate surface area is 356 Å². The number of hydrazone groups is 2. The van der Waals surface area contributed by atoms with Gasteiger partial charge in [0.2, 0.25) is 10.3 Å². The van der Waals surface area contributed by atoms with Gasteiger partial charge in [0.05, 0.1) is 39.6 Å². The van der Waals surface area contributed by atoms with Crippen LogP contribution in [0.3, 0.4) is 0 Å². The number of nitro groups is 1. The molecule has 5 aromatic carbocycles. The van der Waals surface area contributed by atoms with E-state index in [-0.39, 0.29) is 5.69 Å². The first-order chi connectivity index (χ1) is 28.2. The number of thiazole rings is 2. The fraction of sp³-hybridized carbons (Fsp3) is 0.0698. The Morgan fingerprint density at radius 3 is 1.38 bits per heavy atom. The van der Waals surface area contributed by atoms with Crippen LogP contribution in [0.5, 0.6) is 0 Å². The zero-order valence-electron chi connectivity index (χ0n) is 29.9. The summed E-state index contributed by atoms with van der Waals surface area (Å²) >= 11 is 9.53. The monoisotopic (exact) mass is 927 g/mol. The molecule has 2 aromatic heterocycles. The van der Waals surface area contributed by atoms with E-state index in [0.717, 1.165) is 20.1 Å². The van der Waals surface area contributed by atoms with Crippen LogP contribution in [0.2, 0.25) is 0 Å². The lowest BCUT2D eigenvalue weighted by Gasteiger charge is -2.29. The summed E-state index contributed by atoms with van der Waals surface area (Å²) in [7, 11) is 0. The molecule has 0 bridgehead atoms. The van der Waals surface area contributed by atoms with Crippen molar-refractivity contribution >= 4 is 93.7 Å². The van der Waals surface area contributed by atoms with Crippen LogP contribution in [0.25, 0.3) is 22.5 Å². The van der Waals surface area contributed by atoms with Crippen molar-refractivity contribution in [1.29, 1.82) is 0 Å². The first kappa shape index (κ1) is 37.6. The van der Waals surface area contributed by atoms with Crippen molar-refractivity contribution in [2.45, 2.75) is 5.92 Å². The second-order valence-electron chi connectivity index (χ2n) is 13.4. The molecule has 2 amide bonds. The van der Waals surface area contributed by atoms with E-state index in [2.05, 4.69) is 31.9 Å². The fourth-order valence-electron chi connectivity index (χ4n) is 7.17. The van der Waals surface area contributed by atoms with E-state index in [4.69, 9.17) is 20.2 Å². The third kappa shape index (κ3) is 7.10. The zero-order valence-corrected chi connectivity index (χ0v) is 34.7. The molecule has 11 nitrogen and oxygen atoms in total. The number of aromatic nitrogens is 2. The molecule has 0 saturated carbocycles. The van der Waals surface area contributed by atoms with Crippen molar-refractivity contribution in [3.63, 3.8) is 0 Å². The molecule has 0 spiro atoms. The maximum Gasteiger partial charge on any atom is 0.269 e. The molecule has 2 aliphatic heterocycles. The molecule has 2 atom stereocenters. The first-order valence-corrected chi connectivity index (χ1v) is 21.2. The van der Waals surface area contributed by atoms with Crippen LogP contribution in [0.15, 0.2) is 163 Å². The number of amides is 2. The topological polar surface area (TPSA) is 134 Å². The van der Waals surface area contributed by atoms with Crippen molar-refractivity contribution in [2.24, 2.45) is 22.0 Å². The molecule has 2 aliphatic rings. The molecule has 0 aliphatic carbocycles. The van der Waals surface area contributed by atoms with Crippen LogP contribution in [0, 0.1) is 22.0 Å². The second-order valence-corrected chi connectivity index (χ2v) is 16.9. The lowest BCUT2D eigenvalue weighted by atomic mass is 9.70. The van der Waals surface area contributed by atoms with Crippen LogP contribution in [-0.2, 0) is 9.59 Å². The molecule has 7 aromatic rings. The molecule has 58 heavy (non-hydrogen) atoms. The summed E-state index contributed by atoms with van der Waals surface area (Å²) in [4.78, 5) is 51.5. The molecular formula is C43H27Br2N7O4S2. The number of hydrogen-bond donors (Lipinski definition) is 0. The van der Waals surface area contributed by atoms with Crippen molar-refractivity contribution in [1.82, 2.24) is 9.97 Å². The van der Waals surface area contributed by atoms with Gasteiger partial charge < -0.3 is 0 Å². The summed E-state index contributed by atoms with van der Waals surface area (Å²) in [6.45, 7) is 0. The van der Waals surface area contributed by atoms with Crippen molar-refractivity contribution in [3.8, 4) is 22.5 Å². The van der Waals surface area contributed by atoms with Gasteiger partial charge >= 0.3 is 0 Å². The normalized spacial score (nSPS) is 17.1. The lowest BCUT2D eigenvalue weighted by molar-refractivity contribution is -0.384. The highest BCUT2D eigenvalue weighted by atomic mass is 79.9. The summed E-state index contributed by atoms with van der Waals surface area (Å²) in [5.41, 5.74) is 5.73. The molecule has 0 saturated heterocycles. The van der Waals surface area contributed by atoms with Crippen molar-refractivity contribution in [3.05, 3.63) is 180 Å². The van der Waals surface area contributed by atoms with Crippen molar-refractivity contribution < 1.29 is 14.5 Å². The molecule has 0 radical (unpaired) electrons. The van der Waals surface area contributed by atoms with Gasteiger partial charge in [0.1, 0.15) is 0 Å². The number of carbonyl (C=O) groups is 2. The number of non-ortho nitro benzene ring substituents is 1. The minimum absolute atomic E-state index is 0.123. The summed E-state index contributed by atoms with van der Waals surface area (Å²) < 4.78 is 1.86. The summed E-state index contributed by atoms with van der Waals surface area (Å²) in [5, 5.41) is 28.9. The van der Waals surface area contributed by atoms with Crippen LogP contribution < -0.4 is 10.0 Å². The predicted octanol–water partition coefficient (Wildman–Crippen LogP) is 10.6. The van der Waals surface area contributed by atoms with Gasteiger partial charge in [0, 0.05) is 48.9 Å². The van der Waals surface area contributed by atoms with E-state index in [0.29, 0.717) is 49.8 Å². The average molecular weight is 930 g/mol. The standard InChI is InChI=1S/C43H27Br2N7O4S2/c44-30-17-11-25(12-18-30)33-23-57-42(46-33)50-40(53)36(38(48-50)28-7-3-1-4-8-28)35(27-15-21-32(22-16-27)52(55)56)37-39(29-9-5-2-6-10-29)49-51(41(37)54)43-47-34(24-58-43)26-13-19-31(45)20-14-26/h1-24,35-37H. The highest BCUT2D eigenvalue weighted by Crippen LogP contribution is 2.46. The number of nitro benzene ring substituents is 1. The van der Waals surface area contributed by atoms with E-state index in [1.807, 2.05) is 120 Å². The van der Waals surface area contributed by atoms with Crippen molar-refractivity contribution in [2.75, 3.05) is 10.0 Å². The number of benzene rings is 5. The Morgan fingerprint density at radius 2 is 0.983 bits per heavy atom. The van der Waals surface area contributed by atoms with Gasteiger partial charge in [-0.2, -0.15) is 20.2 Å². The van der Waals surface area contributed by atoms with Crippen LogP contribution >= 0.6 is 54.5 Å². The third-order valence-corrected chi connectivity index (χ3v) is 12.6. The van der Waals surface area contributed by atoms with Crippen LogP contribution in [-0.4, -0.2) is 38.1 Å². The van der Waals surface area contributed by atoms with E-state index in [1.165, 1.54) is 44.8 Å². The van der Waals surface area contributed by atoms with E-state index in [9.17, 15) is 10.1 Å². The van der Waals surface area contributed by atoms with E-state index >= 15 is 9.59 Å². The third-order valence-electron chi connectivity index (χ3n) is 9.93. The van der Waals surface area contributed by atoms with Gasteiger partial charge in [-0.1, -0.05) is 129 Å². The Balaban J connectivity index is 1.19. The second kappa shape index (κ2) is 15.7. The summed E-state index contributed by atoms with van der Waals surface area (Å²) in [6.07, 6.45) is 0. The van der Waals surface area contributed by atoms with Crippen LogP contribution in [0.4, 0.5) is 16.0 Å². The predicted molar refractivity (Wildman–Crippen MR) is 234 cm³/mol. The number of halogens is 2. The van der Waals surface area contributed by atoms with Gasteiger partial charge in [0.25, 0.3) is 17.5 Å². The molecule has 0 N–H and O–H groups in total. The lowest BCUT2D eigenvalue weighted by Crippen LogP contribution is -2.41. The molecule has 284 valence electrons. The van der Waals surface area contributed by atoms with E-state index in [1.54, 1.807) is 12.1 Å². The number of rotatable bonds is 10. The largest absolute Gasteiger partial charge is 0.272 e. The van der Waals surface area contributed by atoms with Gasteiger partial charge in [0.15, 0.2) is 0 Å². The van der Waals surface area contributed by atoms with E-state index < -0.39 is 34.5 Å². The van der Waals surface area contributed by atoms with Gasteiger partial charge in [-0.25, -0.2) is 9.97 Å². The van der Waals surface area contributed by atoms with Gasteiger partial charge in [-0.05, 0) is 41.0 Å². The Morgan fingerprint density at radius 1 is 0.569 bits per heavy atom. The SMILES string of the molecule is O=C1C(C(c2ccc([N+](=O)[O-])cc2)C2C(=O)N(c3nc(-c4ccc(Br)cc4)cs3)N=C2c2ccccc2)C(c2ccccc2)=NN1c1nc(-c2ccc(Br)cc2)cs1. The van der Waals surface area contributed by atoms with Gasteiger partial charge in [-0.15, -0.1) is 22.7 Å². The average Bonchev–Trinajstić information content (AvgIpc) is 4.07. The minimum Gasteiger partial charge on any atom is -0.272 e. The molecule has 9 rings (SSSR count). The minimum atomic E-state index is -1.04. The maximum atomic E-state index is 15.2.